The third-order valence-electron chi connectivity index (χ3n) is 2.70. The van der Waals surface area contributed by atoms with Gasteiger partial charge >= 0.3 is 0 Å². The summed E-state index contributed by atoms with van der Waals surface area (Å²) in [5, 5.41) is 3.32. The number of benzene rings is 1. The van der Waals surface area contributed by atoms with Crippen molar-refractivity contribution in [2.75, 3.05) is 26.3 Å². The Hall–Kier alpha value is -1.12. The van der Waals surface area contributed by atoms with Crippen molar-refractivity contribution in [3.05, 3.63) is 48.0 Å². The maximum Gasteiger partial charge on any atom is 0.0686 e. The molecule has 0 radical (unpaired) electrons. The van der Waals surface area contributed by atoms with E-state index in [-0.39, 0.29) is 0 Å². The summed E-state index contributed by atoms with van der Waals surface area (Å²) in [7, 11) is 0. The first-order chi connectivity index (χ1) is 8.83. The summed E-state index contributed by atoms with van der Waals surface area (Å²) in [5.74, 6) is 0. The third kappa shape index (κ3) is 7.25. The molecule has 0 saturated heterocycles. The van der Waals surface area contributed by atoms with E-state index in [1.807, 2.05) is 6.07 Å². The highest BCUT2D eigenvalue weighted by atomic mass is 16.5. The second-order valence-electron chi connectivity index (χ2n) is 4.57. The van der Waals surface area contributed by atoms with Crippen LogP contribution in [-0.4, -0.2) is 26.3 Å². The van der Waals surface area contributed by atoms with Gasteiger partial charge in [-0.1, -0.05) is 43.8 Å². The number of hydrogen-bond donors (Lipinski definition) is 1. The Bertz CT molecular complexity index is 321. The quantitative estimate of drug-likeness (QED) is 0.506. The Morgan fingerprint density at radius 3 is 2.78 bits per heavy atom. The number of nitrogens with one attached hydrogen (secondary N) is 1. The van der Waals surface area contributed by atoms with Crippen LogP contribution in [0.4, 0.5) is 0 Å². The molecule has 0 unspecified atom stereocenters. The molecule has 0 aliphatic heterocycles. The minimum absolute atomic E-state index is 0.672. The van der Waals surface area contributed by atoms with Gasteiger partial charge in [0.05, 0.1) is 6.61 Å². The number of hydrogen-bond acceptors (Lipinski definition) is 2. The number of ether oxygens (including phenoxy) is 1. The lowest BCUT2D eigenvalue weighted by atomic mass is 10.1. The van der Waals surface area contributed by atoms with Crippen LogP contribution < -0.4 is 5.32 Å². The van der Waals surface area contributed by atoms with Gasteiger partial charge in [0.15, 0.2) is 0 Å². The molecule has 0 atom stereocenters. The fraction of sp³-hybridized carbons (Fsp3) is 0.500. The van der Waals surface area contributed by atoms with E-state index >= 15 is 0 Å². The highest BCUT2D eigenvalue weighted by Crippen LogP contribution is 2.02. The Balaban J connectivity index is 1.97. The molecule has 0 amide bonds. The lowest BCUT2D eigenvalue weighted by Gasteiger charge is -2.08. The van der Waals surface area contributed by atoms with Crippen LogP contribution in [0.2, 0.25) is 0 Å². The van der Waals surface area contributed by atoms with E-state index in [2.05, 4.69) is 43.1 Å². The monoisotopic (exact) mass is 247 g/mol. The molecule has 1 aromatic carbocycles. The summed E-state index contributed by atoms with van der Waals surface area (Å²) >= 11 is 0. The standard InChI is InChI=1S/C16H25NO/c1-3-11-17-13-15(2)14-18-12-7-10-16-8-5-4-6-9-16/h4-6,8-9,17H,2-3,7,10-14H2,1H3. The lowest BCUT2D eigenvalue weighted by Crippen LogP contribution is -2.19. The normalized spacial score (nSPS) is 10.5. The van der Waals surface area contributed by atoms with E-state index in [9.17, 15) is 0 Å². The first kappa shape index (κ1) is 14.9. The highest BCUT2D eigenvalue weighted by Gasteiger charge is 1.96. The van der Waals surface area contributed by atoms with Crippen molar-refractivity contribution >= 4 is 0 Å². The van der Waals surface area contributed by atoms with Crippen molar-refractivity contribution < 1.29 is 4.74 Å². The minimum atomic E-state index is 0.672. The predicted molar refractivity (Wildman–Crippen MR) is 77.9 cm³/mol. The Kier molecular flexibility index (Phi) is 8.19. The summed E-state index contributed by atoms with van der Waals surface area (Å²) in [5.41, 5.74) is 2.51. The van der Waals surface area contributed by atoms with Crippen molar-refractivity contribution in [3.63, 3.8) is 0 Å². The van der Waals surface area contributed by atoms with Crippen LogP contribution in [0.5, 0.6) is 0 Å². The Labute approximate surface area is 111 Å². The average Bonchev–Trinajstić information content (AvgIpc) is 2.40. The van der Waals surface area contributed by atoms with Gasteiger partial charge in [-0.2, -0.15) is 0 Å². The molecule has 1 aromatic rings. The Morgan fingerprint density at radius 2 is 2.06 bits per heavy atom. The van der Waals surface area contributed by atoms with Crippen molar-refractivity contribution in [1.29, 1.82) is 0 Å². The second kappa shape index (κ2) is 9.86. The van der Waals surface area contributed by atoms with Gasteiger partial charge in [-0.3, -0.25) is 0 Å². The molecule has 1 rings (SSSR count). The molecule has 0 spiro atoms. The minimum Gasteiger partial charge on any atom is -0.377 e. The first-order valence-corrected chi connectivity index (χ1v) is 6.82. The fourth-order valence-electron chi connectivity index (χ4n) is 1.73. The van der Waals surface area contributed by atoms with Gasteiger partial charge in [0.2, 0.25) is 0 Å². The lowest BCUT2D eigenvalue weighted by molar-refractivity contribution is 0.152. The van der Waals surface area contributed by atoms with Gasteiger partial charge in [-0.05, 0) is 36.9 Å². The highest BCUT2D eigenvalue weighted by molar-refractivity contribution is 5.14. The molecule has 0 aromatic heterocycles. The van der Waals surface area contributed by atoms with Crippen molar-refractivity contribution in [3.8, 4) is 0 Å². The fourth-order valence-corrected chi connectivity index (χ4v) is 1.73. The molecule has 2 heteroatoms. The van der Waals surface area contributed by atoms with Crippen LogP contribution in [0.3, 0.4) is 0 Å². The SMILES string of the molecule is C=C(CNCCC)COCCCc1ccccc1. The maximum absolute atomic E-state index is 5.61. The van der Waals surface area contributed by atoms with Crippen LogP contribution in [0.25, 0.3) is 0 Å². The largest absolute Gasteiger partial charge is 0.377 e. The van der Waals surface area contributed by atoms with Gasteiger partial charge < -0.3 is 10.1 Å². The zero-order chi connectivity index (χ0) is 13.1. The molecule has 0 bridgehead atoms. The molecule has 0 fully saturated rings. The van der Waals surface area contributed by atoms with Crippen molar-refractivity contribution in [2.24, 2.45) is 0 Å². The van der Waals surface area contributed by atoms with E-state index < -0.39 is 0 Å². The van der Waals surface area contributed by atoms with E-state index in [1.54, 1.807) is 0 Å². The van der Waals surface area contributed by atoms with Crippen LogP contribution in [0, 0.1) is 0 Å². The van der Waals surface area contributed by atoms with Crippen LogP contribution in [-0.2, 0) is 11.2 Å². The molecule has 0 saturated carbocycles. The summed E-state index contributed by atoms with van der Waals surface area (Å²) in [6.07, 6.45) is 3.31. The average molecular weight is 247 g/mol. The van der Waals surface area contributed by atoms with E-state index in [4.69, 9.17) is 4.74 Å². The van der Waals surface area contributed by atoms with Crippen LogP contribution in [0.1, 0.15) is 25.3 Å². The molecular weight excluding hydrogens is 222 g/mol. The zero-order valence-corrected chi connectivity index (χ0v) is 11.5. The van der Waals surface area contributed by atoms with Gasteiger partial charge in [0.1, 0.15) is 0 Å². The van der Waals surface area contributed by atoms with E-state index in [0.29, 0.717) is 6.61 Å². The summed E-state index contributed by atoms with van der Waals surface area (Å²) in [6.45, 7) is 9.55. The van der Waals surface area contributed by atoms with Gasteiger partial charge in [-0.25, -0.2) is 0 Å². The third-order valence-corrected chi connectivity index (χ3v) is 2.70. The second-order valence-corrected chi connectivity index (χ2v) is 4.57. The zero-order valence-electron chi connectivity index (χ0n) is 11.5. The van der Waals surface area contributed by atoms with Crippen LogP contribution in [0.15, 0.2) is 42.5 Å². The first-order valence-electron chi connectivity index (χ1n) is 6.82. The molecule has 2 nitrogen and oxygen atoms in total. The topological polar surface area (TPSA) is 21.3 Å². The predicted octanol–water partition coefficient (Wildman–Crippen LogP) is 3.19. The number of aryl methyl sites for hydroxylation is 1. The summed E-state index contributed by atoms with van der Waals surface area (Å²) in [4.78, 5) is 0. The van der Waals surface area contributed by atoms with E-state index in [0.717, 1.165) is 44.5 Å². The van der Waals surface area contributed by atoms with Gasteiger partial charge in [0.25, 0.3) is 0 Å². The number of rotatable bonds is 10. The smallest absolute Gasteiger partial charge is 0.0686 e. The molecule has 18 heavy (non-hydrogen) atoms. The summed E-state index contributed by atoms with van der Waals surface area (Å²) < 4.78 is 5.61. The van der Waals surface area contributed by atoms with E-state index in [1.165, 1.54) is 5.56 Å². The molecule has 1 N–H and O–H groups in total. The van der Waals surface area contributed by atoms with Crippen molar-refractivity contribution in [1.82, 2.24) is 5.32 Å². The molecule has 0 heterocycles. The Morgan fingerprint density at radius 1 is 1.28 bits per heavy atom. The molecular formula is C16H25NO. The maximum atomic E-state index is 5.61. The van der Waals surface area contributed by atoms with Crippen molar-refractivity contribution in [2.45, 2.75) is 26.2 Å². The van der Waals surface area contributed by atoms with Crippen LogP contribution >= 0.6 is 0 Å². The van der Waals surface area contributed by atoms with Gasteiger partial charge in [0, 0.05) is 13.2 Å². The molecule has 0 aliphatic carbocycles. The summed E-state index contributed by atoms with van der Waals surface area (Å²) in [6, 6.07) is 10.5. The van der Waals surface area contributed by atoms with Gasteiger partial charge in [-0.15, -0.1) is 0 Å². The molecule has 100 valence electrons. The molecule has 0 aliphatic rings.